The number of hydrogen-bond donors (Lipinski definition) is 3. The van der Waals surface area contributed by atoms with Crippen molar-refractivity contribution < 1.29 is 19.2 Å². The number of amides is 4. The molecule has 4 amide bonds. The standard InChI is InChI=1S/C28H36N6O4/c29-15-18(16-30-19-11-13-33(14-12-19)20-5-2-1-3-6-20)17-31-22-8-4-7-21-25(22)28(38)34(27(21)37)23-9-10-24(35)32-26(23)36/h4,7-8,15-16,19-20,23,31H,1-3,5-6,9-14,17,29H2,(H,32,35,36). The molecule has 1 unspecified atom stereocenters. The first-order valence-corrected chi connectivity index (χ1v) is 13.7. The lowest BCUT2D eigenvalue weighted by Crippen LogP contribution is -2.54. The predicted molar refractivity (Wildman–Crippen MR) is 144 cm³/mol. The van der Waals surface area contributed by atoms with Crippen LogP contribution in [0, 0.1) is 0 Å². The Morgan fingerprint density at radius 1 is 1.03 bits per heavy atom. The molecule has 0 aromatic heterocycles. The molecule has 2 saturated heterocycles. The van der Waals surface area contributed by atoms with Crippen LogP contribution in [-0.2, 0) is 9.59 Å². The largest absolute Gasteiger partial charge is 0.404 e. The second kappa shape index (κ2) is 11.5. The van der Waals surface area contributed by atoms with Crippen LogP contribution < -0.4 is 16.4 Å². The first-order chi connectivity index (χ1) is 18.5. The van der Waals surface area contributed by atoms with Crippen molar-refractivity contribution in [2.24, 2.45) is 10.7 Å². The number of piperidine rings is 2. The highest BCUT2D eigenvalue weighted by Gasteiger charge is 2.45. The molecule has 5 rings (SSSR count). The minimum absolute atomic E-state index is 0.0819. The number of aliphatic imine (C=N–C) groups is 1. The predicted octanol–water partition coefficient (Wildman–Crippen LogP) is 2.21. The summed E-state index contributed by atoms with van der Waals surface area (Å²) in [4.78, 5) is 58.6. The van der Waals surface area contributed by atoms with Gasteiger partial charge in [0.15, 0.2) is 0 Å². The molecule has 3 fully saturated rings. The molecule has 4 aliphatic rings. The molecule has 10 nitrogen and oxygen atoms in total. The maximum atomic E-state index is 13.3. The first kappa shape index (κ1) is 26.1. The Kier molecular flexibility index (Phi) is 7.87. The topological polar surface area (TPSA) is 137 Å². The van der Waals surface area contributed by atoms with Gasteiger partial charge in [-0.3, -0.25) is 34.4 Å². The fourth-order valence-corrected chi connectivity index (χ4v) is 6.05. The molecule has 10 heteroatoms. The number of fused-ring (bicyclic) bond motifs is 1. The summed E-state index contributed by atoms with van der Waals surface area (Å²) in [6.07, 6.45) is 12.3. The third kappa shape index (κ3) is 5.36. The lowest BCUT2D eigenvalue weighted by molar-refractivity contribution is -0.136. The summed E-state index contributed by atoms with van der Waals surface area (Å²) in [6, 6.07) is 5.01. The molecule has 1 aliphatic carbocycles. The minimum atomic E-state index is -0.996. The number of likely N-dealkylation sites (tertiary alicyclic amines) is 1. The number of benzene rings is 1. The molecule has 0 radical (unpaired) electrons. The van der Waals surface area contributed by atoms with Crippen molar-refractivity contribution in [1.82, 2.24) is 15.1 Å². The molecule has 3 aliphatic heterocycles. The van der Waals surface area contributed by atoms with Gasteiger partial charge in [0.05, 0.1) is 17.2 Å². The van der Waals surface area contributed by atoms with E-state index in [1.807, 2.05) is 0 Å². The summed E-state index contributed by atoms with van der Waals surface area (Å²) in [5.74, 6) is -2.10. The molecular weight excluding hydrogens is 484 g/mol. The van der Waals surface area contributed by atoms with Gasteiger partial charge in [-0.05, 0) is 44.2 Å². The summed E-state index contributed by atoms with van der Waals surface area (Å²) in [5.41, 5.74) is 7.61. The van der Waals surface area contributed by atoms with Crippen LogP contribution in [0.3, 0.4) is 0 Å². The summed E-state index contributed by atoms with van der Waals surface area (Å²) in [6.45, 7) is 2.50. The van der Waals surface area contributed by atoms with Crippen LogP contribution in [0.15, 0.2) is 35.0 Å². The van der Waals surface area contributed by atoms with Crippen molar-refractivity contribution in [1.29, 1.82) is 0 Å². The van der Waals surface area contributed by atoms with Crippen LogP contribution in [-0.4, -0.2) is 77.4 Å². The van der Waals surface area contributed by atoms with Gasteiger partial charge in [-0.1, -0.05) is 25.3 Å². The van der Waals surface area contributed by atoms with Crippen molar-refractivity contribution in [2.75, 3.05) is 25.0 Å². The highest BCUT2D eigenvalue weighted by atomic mass is 16.2. The molecule has 38 heavy (non-hydrogen) atoms. The van der Waals surface area contributed by atoms with Gasteiger partial charge < -0.3 is 16.0 Å². The third-order valence-electron chi connectivity index (χ3n) is 8.21. The van der Waals surface area contributed by atoms with Gasteiger partial charge in [0, 0.05) is 55.8 Å². The van der Waals surface area contributed by atoms with Crippen LogP contribution in [0.2, 0.25) is 0 Å². The lowest BCUT2D eigenvalue weighted by Gasteiger charge is -2.38. The van der Waals surface area contributed by atoms with Crippen LogP contribution in [0.25, 0.3) is 0 Å². The van der Waals surface area contributed by atoms with E-state index in [2.05, 4.69) is 15.5 Å². The molecule has 1 saturated carbocycles. The van der Waals surface area contributed by atoms with E-state index in [1.54, 1.807) is 24.4 Å². The van der Waals surface area contributed by atoms with E-state index in [0.29, 0.717) is 12.2 Å². The van der Waals surface area contributed by atoms with E-state index in [0.717, 1.165) is 42.4 Å². The second-order valence-corrected chi connectivity index (χ2v) is 10.6. The number of nitrogens with zero attached hydrogens (tertiary/aromatic N) is 3. The lowest BCUT2D eigenvalue weighted by atomic mass is 9.92. The smallest absolute Gasteiger partial charge is 0.264 e. The Bertz CT molecular complexity index is 1160. The highest BCUT2D eigenvalue weighted by Crippen LogP contribution is 2.32. The van der Waals surface area contributed by atoms with Crippen LogP contribution in [0.4, 0.5) is 5.69 Å². The zero-order valence-corrected chi connectivity index (χ0v) is 21.7. The number of nitrogens with two attached hydrogens (primary N) is 1. The highest BCUT2D eigenvalue weighted by molar-refractivity contribution is 6.25. The fourth-order valence-electron chi connectivity index (χ4n) is 6.05. The molecule has 4 N–H and O–H groups in total. The van der Waals surface area contributed by atoms with E-state index >= 15 is 0 Å². The fraction of sp³-hybridized carbons (Fsp3) is 0.536. The summed E-state index contributed by atoms with van der Waals surface area (Å²) in [5, 5.41) is 5.44. The molecular formula is C28H36N6O4. The molecule has 1 atom stereocenters. The quantitative estimate of drug-likeness (QED) is 0.370. The van der Waals surface area contributed by atoms with Gasteiger partial charge in [0.2, 0.25) is 11.8 Å². The van der Waals surface area contributed by atoms with Gasteiger partial charge in [-0.25, -0.2) is 0 Å². The number of hydrogen-bond acceptors (Lipinski definition) is 8. The summed E-state index contributed by atoms with van der Waals surface area (Å²) < 4.78 is 0. The average Bonchev–Trinajstić information content (AvgIpc) is 3.19. The van der Waals surface area contributed by atoms with Gasteiger partial charge >= 0.3 is 0 Å². The van der Waals surface area contributed by atoms with Gasteiger partial charge in [0.1, 0.15) is 6.04 Å². The molecule has 0 bridgehead atoms. The van der Waals surface area contributed by atoms with Crippen molar-refractivity contribution in [2.45, 2.75) is 75.9 Å². The Balaban J connectivity index is 1.19. The zero-order valence-electron chi connectivity index (χ0n) is 21.7. The van der Waals surface area contributed by atoms with E-state index in [1.165, 1.54) is 38.3 Å². The number of carbonyl (C=O) groups excluding carboxylic acids is 4. The van der Waals surface area contributed by atoms with Gasteiger partial charge in [0.25, 0.3) is 11.8 Å². The number of carbonyl (C=O) groups is 4. The normalized spacial score (nSPS) is 24.3. The molecule has 202 valence electrons. The molecule has 3 heterocycles. The van der Waals surface area contributed by atoms with Crippen molar-refractivity contribution in [3.8, 4) is 0 Å². The van der Waals surface area contributed by atoms with E-state index < -0.39 is 29.7 Å². The Morgan fingerprint density at radius 3 is 2.50 bits per heavy atom. The van der Waals surface area contributed by atoms with E-state index in [9.17, 15) is 19.2 Å². The minimum Gasteiger partial charge on any atom is -0.404 e. The molecule has 1 aromatic rings. The van der Waals surface area contributed by atoms with Crippen LogP contribution in [0.1, 0.15) is 78.5 Å². The first-order valence-electron chi connectivity index (χ1n) is 13.7. The Morgan fingerprint density at radius 2 is 1.79 bits per heavy atom. The molecule has 0 spiro atoms. The Labute approximate surface area is 222 Å². The van der Waals surface area contributed by atoms with Crippen LogP contribution in [0.5, 0.6) is 0 Å². The SMILES string of the molecule is NC=C(C=NC1CCN(C2CCCCC2)CC1)CNc1cccc2c1C(=O)N(C1CCC(=O)NC1=O)C2=O. The maximum absolute atomic E-state index is 13.3. The van der Waals surface area contributed by atoms with Gasteiger partial charge in [-0.2, -0.15) is 0 Å². The number of anilines is 1. The van der Waals surface area contributed by atoms with E-state index in [-0.39, 0.29) is 30.0 Å². The Hall–Kier alpha value is -3.53. The maximum Gasteiger partial charge on any atom is 0.264 e. The average molecular weight is 521 g/mol. The summed E-state index contributed by atoms with van der Waals surface area (Å²) in [7, 11) is 0. The number of nitrogens with one attached hydrogen (secondary N) is 2. The van der Waals surface area contributed by atoms with Gasteiger partial charge in [-0.15, -0.1) is 0 Å². The van der Waals surface area contributed by atoms with Crippen LogP contribution >= 0.6 is 0 Å². The summed E-state index contributed by atoms with van der Waals surface area (Å²) >= 11 is 0. The van der Waals surface area contributed by atoms with Crippen molar-refractivity contribution in [3.63, 3.8) is 0 Å². The second-order valence-electron chi connectivity index (χ2n) is 10.6. The zero-order chi connectivity index (χ0) is 26.6. The van der Waals surface area contributed by atoms with Crippen molar-refractivity contribution in [3.05, 3.63) is 41.1 Å². The monoisotopic (exact) mass is 520 g/mol. The number of imide groups is 2. The third-order valence-corrected chi connectivity index (χ3v) is 8.21. The van der Waals surface area contributed by atoms with E-state index in [4.69, 9.17) is 10.7 Å². The van der Waals surface area contributed by atoms with Crippen molar-refractivity contribution >= 4 is 35.5 Å². The molecule has 1 aromatic carbocycles. The number of rotatable bonds is 7.